The number of halogens is 1. The van der Waals surface area contributed by atoms with Gasteiger partial charge >= 0.3 is 23.9 Å². The zero-order valence-corrected chi connectivity index (χ0v) is 31.1. The minimum Gasteiger partial charge on any atom is -0.463 e. The van der Waals surface area contributed by atoms with Crippen molar-refractivity contribution in [1.82, 2.24) is 0 Å². The monoisotopic (exact) mass is 749 g/mol. The number of carbonyl (C=O) groups excluding carboxylic acids is 4. The first-order valence-electron chi connectivity index (χ1n) is 19.1. The van der Waals surface area contributed by atoms with E-state index in [4.69, 9.17) is 18.9 Å². The fourth-order valence-electron chi connectivity index (χ4n) is 7.67. The van der Waals surface area contributed by atoms with Crippen molar-refractivity contribution >= 4 is 23.9 Å². The van der Waals surface area contributed by atoms with Crippen LogP contribution in [0, 0.1) is 29.0 Å². The van der Waals surface area contributed by atoms with Gasteiger partial charge in [-0.2, -0.15) is 5.26 Å². The van der Waals surface area contributed by atoms with Crippen molar-refractivity contribution in [3.05, 3.63) is 120 Å². The summed E-state index contributed by atoms with van der Waals surface area (Å²) in [6.45, 7) is 7.61. The molecule has 0 bridgehead atoms. The molecule has 3 aromatic carbocycles. The zero-order chi connectivity index (χ0) is 39.2. The summed E-state index contributed by atoms with van der Waals surface area (Å²) in [5, 5.41) is 9.44. The summed E-state index contributed by atoms with van der Waals surface area (Å²) in [5.41, 5.74) is 2.29. The largest absolute Gasteiger partial charge is 0.463 e. The number of nitriles is 1. The van der Waals surface area contributed by atoms with Crippen molar-refractivity contribution < 1.29 is 42.5 Å². The van der Waals surface area contributed by atoms with Gasteiger partial charge in [-0.3, -0.25) is 0 Å². The van der Waals surface area contributed by atoms with Gasteiger partial charge in [0, 0.05) is 12.2 Å². The molecule has 2 aliphatic carbocycles. The van der Waals surface area contributed by atoms with E-state index < -0.39 is 35.4 Å². The maximum Gasteiger partial charge on any atom is 0.343 e. The number of ether oxygens (including phenoxy) is 4. The third-order valence-electron chi connectivity index (χ3n) is 10.8. The molecule has 0 spiro atoms. The molecule has 0 aliphatic heterocycles. The summed E-state index contributed by atoms with van der Waals surface area (Å²) in [4.78, 5) is 48.9. The molecule has 0 amide bonds. The van der Waals surface area contributed by atoms with Crippen molar-refractivity contribution in [1.29, 1.82) is 5.26 Å². The average molecular weight is 750 g/mol. The number of carbonyl (C=O) groups is 4. The van der Waals surface area contributed by atoms with E-state index in [9.17, 15) is 24.4 Å². The molecule has 0 radical (unpaired) electrons. The molecule has 288 valence electrons. The Morgan fingerprint density at radius 2 is 1.09 bits per heavy atom. The van der Waals surface area contributed by atoms with Gasteiger partial charge in [-0.15, -0.1) is 0 Å². The first kappa shape index (κ1) is 40.6. The number of rotatable bonds is 16. The number of hydrogen-bond donors (Lipinski definition) is 0. The second-order valence-corrected chi connectivity index (χ2v) is 14.4. The van der Waals surface area contributed by atoms with Crippen molar-refractivity contribution in [3.63, 3.8) is 0 Å². The molecule has 2 fully saturated rings. The molecule has 2 aliphatic rings. The highest BCUT2D eigenvalue weighted by Crippen LogP contribution is 2.39. The fraction of sp³-hybridized carbons (Fsp3) is 0.400. The van der Waals surface area contributed by atoms with Crippen LogP contribution in [0.4, 0.5) is 4.39 Å². The molecular weight excluding hydrogens is 701 g/mol. The van der Waals surface area contributed by atoms with Gasteiger partial charge in [0.2, 0.25) is 5.75 Å². The summed E-state index contributed by atoms with van der Waals surface area (Å²) in [5.74, 6) is -2.59. The minimum absolute atomic E-state index is 0.184. The molecule has 0 atom stereocenters. The number of hydrogen-bond acceptors (Lipinski definition) is 9. The van der Waals surface area contributed by atoms with Crippen LogP contribution in [-0.4, -0.2) is 37.1 Å². The molecule has 0 heterocycles. The first-order valence-corrected chi connectivity index (χ1v) is 19.1. The van der Waals surface area contributed by atoms with Crippen molar-refractivity contribution in [2.24, 2.45) is 11.8 Å². The SMILES string of the molecule is C=CC(=O)OCCCC1CCC(c2ccc(C(=O)Oc3ccc(C#N)c(F)c3OC(=O)c3ccc(C4CCC(CCCOC(=O)C=C)CC4)cc3)cc2)CC1. The number of nitrogens with zero attached hydrogens (tertiary/aromatic N) is 1. The first-order chi connectivity index (χ1) is 26.7. The molecule has 10 heteroatoms. The topological polar surface area (TPSA) is 129 Å². The average Bonchev–Trinajstić information content (AvgIpc) is 3.22. The van der Waals surface area contributed by atoms with E-state index in [2.05, 4.69) is 13.2 Å². The van der Waals surface area contributed by atoms with Crippen molar-refractivity contribution in [2.75, 3.05) is 13.2 Å². The molecule has 9 nitrogen and oxygen atoms in total. The highest BCUT2D eigenvalue weighted by Gasteiger charge is 2.26. The van der Waals surface area contributed by atoms with Crippen LogP contribution in [0.15, 0.2) is 86.0 Å². The van der Waals surface area contributed by atoms with E-state index in [0.717, 1.165) is 88.2 Å². The van der Waals surface area contributed by atoms with Crippen molar-refractivity contribution in [3.8, 4) is 17.6 Å². The van der Waals surface area contributed by atoms with E-state index in [1.165, 1.54) is 24.3 Å². The van der Waals surface area contributed by atoms with Crippen LogP contribution in [0.2, 0.25) is 0 Å². The van der Waals surface area contributed by atoms with E-state index in [1.54, 1.807) is 30.3 Å². The van der Waals surface area contributed by atoms with Gasteiger partial charge in [0.05, 0.1) is 29.9 Å². The van der Waals surface area contributed by atoms with Gasteiger partial charge in [0.25, 0.3) is 0 Å². The van der Waals surface area contributed by atoms with Crippen LogP contribution in [0.25, 0.3) is 0 Å². The number of benzene rings is 3. The lowest BCUT2D eigenvalue weighted by molar-refractivity contribution is -0.138. The van der Waals surface area contributed by atoms with Gasteiger partial charge in [-0.05, 0) is 148 Å². The van der Waals surface area contributed by atoms with Gasteiger partial charge in [-0.1, -0.05) is 37.4 Å². The van der Waals surface area contributed by atoms with Crippen LogP contribution in [0.3, 0.4) is 0 Å². The van der Waals surface area contributed by atoms with E-state index in [1.807, 2.05) is 24.3 Å². The van der Waals surface area contributed by atoms with E-state index >= 15 is 4.39 Å². The lowest BCUT2D eigenvalue weighted by atomic mass is 9.77. The summed E-state index contributed by atoms with van der Waals surface area (Å²) in [6, 6.07) is 18.3. The molecular formula is C45H48FNO8. The maximum atomic E-state index is 15.4. The lowest BCUT2D eigenvalue weighted by Crippen LogP contribution is -2.16. The predicted octanol–water partition coefficient (Wildman–Crippen LogP) is 9.70. The Morgan fingerprint density at radius 3 is 1.51 bits per heavy atom. The quantitative estimate of drug-likeness (QED) is 0.0608. The predicted molar refractivity (Wildman–Crippen MR) is 204 cm³/mol. The fourth-order valence-corrected chi connectivity index (χ4v) is 7.67. The second-order valence-electron chi connectivity index (χ2n) is 14.4. The molecule has 3 aromatic rings. The second kappa shape index (κ2) is 20.2. The Morgan fingerprint density at radius 1 is 0.655 bits per heavy atom. The summed E-state index contributed by atoms with van der Waals surface area (Å²) in [6.07, 6.45) is 14.3. The summed E-state index contributed by atoms with van der Waals surface area (Å²) < 4.78 is 36.6. The Kier molecular flexibility index (Phi) is 14.9. The Bertz CT molecular complexity index is 1860. The molecule has 0 saturated heterocycles. The Labute approximate surface area is 322 Å². The van der Waals surface area contributed by atoms with Crippen LogP contribution in [0.1, 0.15) is 126 Å². The highest BCUT2D eigenvalue weighted by atomic mass is 19.1. The Hall–Kier alpha value is -5.56. The standard InChI is InChI=1S/C45H48FNO8/c1-3-40(48)52-27-5-7-30-9-13-32(14-10-30)34-17-21-36(22-18-34)44(50)54-39-26-25-38(29-47)42(46)43(39)55-45(51)37-23-19-35(20-24-37)33-15-11-31(12-16-33)8-6-28-53-41(49)4-2/h3-4,17-26,30-33H,1-2,5-16,27-28H2. The zero-order valence-electron chi connectivity index (χ0n) is 31.1. The molecule has 55 heavy (non-hydrogen) atoms. The normalized spacial score (nSPS) is 19.3. The van der Waals surface area contributed by atoms with Gasteiger partial charge in [-0.25, -0.2) is 23.6 Å². The molecule has 5 rings (SSSR count). The maximum absolute atomic E-state index is 15.4. The third-order valence-corrected chi connectivity index (χ3v) is 10.8. The van der Waals surface area contributed by atoms with Crippen LogP contribution in [-0.2, 0) is 19.1 Å². The van der Waals surface area contributed by atoms with E-state index in [0.29, 0.717) is 36.9 Å². The minimum atomic E-state index is -1.10. The van der Waals surface area contributed by atoms with Gasteiger partial charge in [0.15, 0.2) is 11.6 Å². The molecule has 0 aromatic heterocycles. The van der Waals surface area contributed by atoms with Crippen LogP contribution < -0.4 is 9.47 Å². The van der Waals surface area contributed by atoms with Crippen LogP contribution in [0.5, 0.6) is 11.5 Å². The third kappa shape index (κ3) is 11.5. The lowest BCUT2D eigenvalue weighted by Gasteiger charge is -2.29. The smallest absolute Gasteiger partial charge is 0.343 e. The molecule has 2 saturated carbocycles. The van der Waals surface area contributed by atoms with E-state index in [-0.39, 0.29) is 22.4 Å². The molecule has 0 N–H and O–H groups in total. The number of esters is 4. The van der Waals surface area contributed by atoms with Gasteiger partial charge in [0.1, 0.15) is 6.07 Å². The Balaban J connectivity index is 1.14. The van der Waals surface area contributed by atoms with Gasteiger partial charge < -0.3 is 18.9 Å². The molecule has 0 unspecified atom stereocenters. The highest BCUT2D eigenvalue weighted by molar-refractivity contribution is 5.93. The van der Waals surface area contributed by atoms with Crippen LogP contribution >= 0.6 is 0 Å². The van der Waals surface area contributed by atoms with Crippen molar-refractivity contribution in [2.45, 2.75) is 88.9 Å². The summed E-state index contributed by atoms with van der Waals surface area (Å²) >= 11 is 0. The summed E-state index contributed by atoms with van der Waals surface area (Å²) in [7, 11) is 0.